The number of benzene rings is 9. The van der Waals surface area contributed by atoms with Gasteiger partial charge in [0.2, 0.25) is 0 Å². The van der Waals surface area contributed by atoms with Crippen LogP contribution >= 0.6 is 0 Å². The summed E-state index contributed by atoms with van der Waals surface area (Å²) in [5, 5.41) is 2.33. The molecule has 0 saturated heterocycles. The van der Waals surface area contributed by atoms with Crippen molar-refractivity contribution in [3.8, 4) is 73.2 Å². The molecule has 0 N–H and O–H groups in total. The molecule has 4 nitrogen and oxygen atoms in total. The molecular weight excluding hydrogens is 753 g/mol. The van der Waals surface area contributed by atoms with E-state index in [0.717, 1.165) is 44.4 Å². The van der Waals surface area contributed by atoms with Crippen LogP contribution in [0, 0.1) is 0 Å². The van der Waals surface area contributed by atoms with Crippen LogP contribution in [-0.4, -0.2) is 19.5 Å². The van der Waals surface area contributed by atoms with Gasteiger partial charge in [-0.05, 0) is 79.9 Å². The van der Waals surface area contributed by atoms with Gasteiger partial charge in [0.15, 0.2) is 17.5 Å². The topological polar surface area (TPSA) is 43.6 Å². The monoisotopic (exact) mass is 788 g/mol. The second-order valence-corrected chi connectivity index (χ2v) is 16.3. The maximum absolute atomic E-state index is 5.30. The first-order valence-corrected chi connectivity index (χ1v) is 21.2. The van der Waals surface area contributed by atoms with E-state index in [4.69, 9.17) is 15.0 Å². The zero-order chi connectivity index (χ0) is 40.8. The molecule has 2 aliphatic carbocycles. The van der Waals surface area contributed by atoms with Gasteiger partial charge in [0.25, 0.3) is 0 Å². The quantitative estimate of drug-likeness (QED) is 0.174. The van der Waals surface area contributed by atoms with Crippen LogP contribution in [0.4, 0.5) is 0 Å². The van der Waals surface area contributed by atoms with E-state index in [-0.39, 0.29) is 5.41 Å². The van der Waals surface area contributed by atoms with E-state index in [2.05, 4.69) is 205 Å². The highest BCUT2D eigenvalue weighted by molar-refractivity contribution is 6.13. The first kappa shape index (κ1) is 34.6. The van der Waals surface area contributed by atoms with E-state index in [1.54, 1.807) is 0 Å². The summed E-state index contributed by atoms with van der Waals surface area (Å²) in [6.45, 7) is 0. The highest BCUT2D eigenvalue weighted by Gasteiger charge is 2.51. The number of hydrogen-bond donors (Lipinski definition) is 0. The van der Waals surface area contributed by atoms with Crippen molar-refractivity contribution < 1.29 is 0 Å². The van der Waals surface area contributed by atoms with Gasteiger partial charge in [0.1, 0.15) is 0 Å². The fraction of sp³-hybridized carbons (Fsp3) is 0.0172. The Kier molecular flexibility index (Phi) is 7.49. The van der Waals surface area contributed by atoms with Crippen LogP contribution < -0.4 is 0 Å². The van der Waals surface area contributed by atoms with Crippen LogP contribution in [0.3, 0.4) is 0 Å². The lowest BCUT2D eigenvalue weighted by molar-refractivity contribution is 0.794. The van der Waals surface area contributed by atoms with E-state index in [9.17, 15) is 0 Å². The molecule has 0 radical (unpaired) electrons. The van der Waals surface area contributed by atoms with Crippen LogP contribution in [0.15, 0.2) is 218 Å². The number of para-hydroxylation sites is 3. The van der Waals surface area contributed by atoms with E-state index in [1.165, 1.54) is 55.5 Å². The third-order valence-electron chi connectivity index (χ3n) is 13.1. The van der Waals surface area contributed by atoms with Crippen molar-refractivity contribution in [1.29, 1.82) is 0 Å². The van der Waals surface area contributed by atoms with Gasteiger partial charge in [0, 0.05) is 33.2 Å². The maximum Gasteiger partial charge on any atom is 0.166 e. The van der Waals surface area contributed by atoms with Gasteiger partial charge in [-0.1, -0.05) is 194 Å². The van der Waals surface area contributed by atoms with Crippen molar-refractivity contribution in [2.45, 2.75) is 5.41 Å². The highest BCUT2D eigenvalue weighted by atomic mass is 15.0. The third-order valence-corrected chi connectivity index (χ3v) is 13.1. The lowest BCUT2D eigenvalue weighted by Crippen LogP contribution is -2.25. The molecule has 2 aromatic heterocycles. The number of nitrogens with zero attached hydrogens (tertiary/aromatic N) is 4. The van der Waals surface area contributed by atoms with E-state index in [0.29, 0.717) is 17.5 Å². The molecule has 1 spiro atoms. The molecule has 0 atom stereocenters. The summed E-state index contributed by atoms with van der Waals surface area (Å²) in [4.78, 5) is 15.7. The Morgan fingerprint density at radius 3 is 1.48 bits per heavy atom. The predicted molar refractivity (Wildman–Crippen MR) is 252 cm³/mol. The second-order valence-electron chi connectivity index (χ2n) is 16.3. The van der Waals surface area contributed by atoms with E-state index in [1.807, 2.05) is 18.2 Å². The first-order chi connectivity index (χ1) is 30.8. The molecule has 0 saturated carbocycles. The largest absolute Gasteiger partial charge is 0.309 e. The van der Waals surface area contributed by atoms with Crippen LogP contribution in [0.25, 0.3) is 95.0 Å². The van der Waals surface area contributed by atoms with Gasteiger partial charge in [-0.3, -0.25) is 0 Å². The molecule has 2 aliphatic rings. The summed E-state index contributed by atoms with van der Waals surface area (Å²) in [6, 6.07) is 78.4. The van der Waals surface area contributed by atoms with Gasteiger partial charge < -0.3 is 4.57 Å². The Bertz CT molecular complexity index is 3520. The van der Waals surface area contributed by atoms with Crippen molar-refractivity contribution in [1.82, 2.24) is 19.5 Å². The molecule has 62 heavy (non-hydrogen) atoms. The Morgan fingerprint density at radius 1 is 0.306 bits per heavy atom. The average Bonchev–Trinajstić information content (AvgIpc) is 3.97. The highest BCUT2D eigenvalue weighted by Crippen LogP contribution is 2.63. The minimum atomic E-state index is -0.390. The molecule has 13 rings (SSSR count). The van der Waals surface area contributed by atoms with Gasteiger partial charge in [-0.25, -0.2) is 15.0 Å². The zero-order valence-corrected chi connectivity index (χ0v) is 33.6. The molecule has 0 bridgehead atoms. The summed E-state index contributed by atoms with van der Waals surface area (Å²) in [5.41, 5.74) is 18.6. The Morgan fingerprint density at radius 2 is 0.774 bits per heavy atom. The van der Waals surface area contributed by atoms with Crippen LogP contribution in [-0.2, 0) is 5.41 Å². The molecular formula is C58H36N4. The molecule has 2 heterocycles. The lowest BCUT2D eigenvalue weighted by Gasteiger charge is -2.30. The summed E-state index contributed by atoms with van der Waals surface area (Å²) in [5.74, 6) is 1.89. The smallest absolute Gasteiger partial charge is 0.166 e. The minimum Gasteiger partial charge on any atom is -0.309 e. The van der Waals surface area contributed by atoms with Crippen LogP contribution in [0.1, 0.15) is 22.3 Å². The number of rotatable bonds is 5. The predicted octanol–water partition coefficient (Wildman–Crippen LogP) is 14.0. The fourth-order valence-corrected chi connectivity index (χ4v) is 10.6. The molecule has 288 valence electrons. The van der Waals surface area contributed by atoms with Crippen molar-refractivity contribution in [2.75, 3.05) is 0 Å². The molecule has 11 aromatic rings. The van der Waals surface area contributed by atoms with Crippen molar-refractivity contribution >= 4 is 21.8 Å². The molecule has 0 unspecified atom stereocenters. The summed E-state index contributed by atoms with van der Waals surface area (Å²) >= 11 is 0. The van der Waals surface area contributed by atoms with Gasteiger partial charge in [0.05, 0.1) is 16.4 Å². The number of fused-ring (bicyclic) bond motifs is 13. The molecule has 0 aliphatic heterocycles. The van der Waals surface area contributed by atoms with E-state index < -0.39 is 0 Å². The maximum atomic E-state index is 5.30. The zero-order valence-electron chi connectivity index (χ0n) is 33.6. The van der Waals surface area contributed by atoms with Gasteiger partial charge in [-0.15, -0.1) is 0 Å². The lowest BCUT2D eigenvalue weighted by atomic mass is 9.70. The van der Waals surface area contributed by atoms with Crippen LogP contribution in [0.2, 0.25) is 0 Å². The van der Waals surface area contributed by atoms with Crippen molar-refractivity contribution in [3.05, 3.63) is 241 Å². The minimum absolute atomic E-state index is 0.390. The Balaban J connectivity index is 0.983. The van der Waals surface area contributed by atoms with E-state index >= 15 is 0 Å². The fourth-order valence-electron chi connectivity index (χ4n) is 10.6. The van der Waals surface area contributed by atoms with Crippen molar-refractivity contribution in [2.24, 2.45) is 0 Å². The Hall–Kier alpha value is -8.21. The molecule has 4 heteroatoms. The number of hydrogen-bond acceptors (Lipinski definition) is 3. The summed E-state index contributed by atoms with van der Waals surface area (Å²) in [7, 11) is 0. The summed E-state index contributed by atoms with van der Waals surface area (Å²) < 4.78 is 2.34. The van der Waals surface area contributed by atoms with Crippen molar-refractivity contribution in [3.63, 3.8) is 0 Å². The second kappa shape index (κ2) is 13.4. The standard InChI is InChI=1S/C58H36N4/c1-3-17-38(18-4-1)55-59-56(61-57(60-55)47-27-15-26-45-44-23-10-14-32-52(44)62(54(45)47)40-19-5-2-6-20-40)39-35-33-37(34-36-39)41-25-16-31-51-53(41)46-24-9-13-30-50(46)58(51)48-28-11-7-21-42(48)43-22-8-12-29-49(43)58/h1-36H. The van der Waals surface area contributed by atoms with Crippen LogP contribution in [0.5, 0.6) is 0 Å². The normalized spacial score (nSPS) is 13.0. The first-order valence-electron chi connectivity index (χ1n) is 21.2. The average molecular weight is 789 g/mol. The van der Waals surface area contributed by atoms with Gasteiger partial charge in [-0.2, -0.15) is 0 Å². The summed E-state index contributed by atoms with van der Waals surface area (Å²) in [6.07, 6.45) is 0. The molecule has 9 aromatic carbocycles. The molecule has 0 fully saturated rings. The number of aromatic nitrogens is 4. The molecule has 0 amide bonds. The SMILES string of the molecule is c1ccc(-c2nc(-c3ccc(-c4cccc5c4-c4ccccc4C54c5ccccc5-c5ccccc54)cc3)nc(-c3cccc4c5ccccc5n(-c5ccccc5)c34)n2)cc1. The third kappa shape index (κ3) is 4.86. The van der Waals surface area contributed by atoms with Gasteiger partial charge >= 0.3 is 0 Å². The Labute approximate surface area is 359 Å².